The van der Waals surface area contributed by atoms with Gasteiger partial charge in [0.15, 0.2) is 6.29 Å². The van der Waals surface area contributed by atoms with Gasteiger partial charge in [-0.3, -0.25) is 0 Å². The van der Waals surface area contributed by atoms with Crippen LogP contribution in [0.15, 0.2) is 12.2 Å². The lowest BCUT2D eigenvalue weighted by molar-refractivity contribution is -0.382. The molecule has 92 valence electrons. The SMILES string of the molecule is C=C(C(=O)OCC)C(C)OOC1CCCO1. The average Bonchev–Trinajstić information content (AvgIpc) is 2.78. The molecular weight excluding hydrogens is 212 g/mol. The zero-order valence-corrected chi connectivity index (χ0v) is 9.73. The van der Waals surface area contributed by atoms with Crippen LogP contribution < -0.4 is 0 Å². The van der Waals surface area contributed by atoms with Crippen LogP contribution in [0.2, 0.25) is 0 Å². The zero-order valence-electron chi connectivity index (χ0n) is 9.73. The van der Waals surface area contributed by atoms with Crippen molar-refractivity contribution in [2.24, 2.45) is 0 Å². The molecular formula is C11H18O5. The van der Waals surface area contributed by atoms with Gasteiger partial charge in [0.1, 0.15) is 6.10 Å². The van der Waals surface area contributed by atoms with Gasteiger partial charge in [-0.1, -0.05) is 6.58 Å². The first-order chi connectivity index (χ1) is 7.65. The third-order valence-electron chi connectivity index (χ3n) is 2.22. The summed E-state index contributed by atoms with van der Waals surface area (Å²) in [6.07, 6.45) is 0.889. The van der Waals surface area contributed by atoms with Crippen LogP contribution in [0, 0.1) is 0 Å². The molecule has 2 atom stereocenters. The predicted molar refractivity (Wildman–Crippen MR) is 56.4 cm³/mol. The lowest BCUT2D eigenvalue weighted by Gasteiger charge is -2.16. The van der Waals surface area contributed by atoms with Gasteiger partial charge in [0, 0.05) is 6.42 Å². The minimum atomic E-state index is -0.539. The van der Waals surface area contributed by atoms with Gasteiger partial charge in [0.25, 0.3) is 0 Å². The van der Waals surface area contributed by atoms with Crippen molar-refractivity contribution in [3.63, 3.8) is 0 Å². The minimum Gasteiger partial charge on any atom is -0.463 e. The van der Waals surface area contributed by atoms with Gasteiger partial charge in [-0.2, -0.15) is 0 Å². The molecule has 16 heavy (non-hydrogen) atoms. The van der Waals surface area contributed by atoms with Gasteiger partial charge in [0.2, 0.25) is 0 Å². The summed E-state index contributed by atoms with van der Waals surface area (Å²) in [5, 5.41) is 0. The van der Waals surface area contributed by atoms with Crippen molar-refractivity contribution >= 4 is 5.97 Å². The van der Waals surface area contributed by atoms with Crippen LogP contribution >= 0.6 is 0 Å². The molecule has 0 saturated carbocycles. The highest BCUT2D eigenvalue weighted by atomic mass is 17.2. The highest BCUT2D eigenvalue weighted by Crippen LogP contribution is 2.16. The van der Waals surface area contributed by atoms with Crippen molar-refractivity contribution in [3.05, 3.63) is 12.2 Å². The van der Waals surface area contributed by atoms with Crippen LogP contribution in [0.5, 0.6) is 0 Å². The van der Waals surface area contributed by atoms with Gasteiger partial charge < -0.3 is 9.47 Å². The Kier molecular flexibility index (Phi) is 5.45. The van der Waals surface area contributed by atoms with E-state index in [1.54, 1.807) is 13.8 Å². The standard InChI is InChI=1S/C11H18O5/c1-4-13-11(12)8(2)9(3)15-16-10-6-5-7-14-10/h9-10H,2,4-7H2,1,3H3. The number of esters is 1. The Morgan fingerprint density at radius 1 is 1.62 bits per heavy atom. The molecule has 0 radical (unpaired) electrons. The van der Waals surface area contributed by atoms with Crippen molar-refractivity contribution in [2.75, 3.05) is 13.2 Å². The van der Waals surface area contributed by atoms with Crippen LogP contribution in [-0.4, -0.2) is 31.6 Å². The highest BCUT2D eigenvalue weighted by Gasteiger charge is 2.21. The zero-order chi connectivity index (χ0) is 12.0. The number of carbonyl (C=O) groups excluding carboxylic acids is 1. The molecule has 5 nitrogen and oxygen atoms in total. The third-order valence-corrected chi connectivity index (χ3v) is 2.22. The largest absolute Gasteiger partial charge is 0.463 e. The summed E-state index contributed by atoms with van der Waals surface area (Å²) >= 11 is 0. The first-order valence-electron chi connectivity index (χ1n) is 5.44. The van der Waals surface area contributed by atoms with Crippen molar-refractivity contribution in [1.82, 2.24) is 0 Å². The lowest BCUT2D eigenvalue weighted by atomic mass is 10.2. The quantitative estimate of drug-likeness (QED) is 0.300. The van der Waals surface area contributed by atoms with Gasteiger partial charge in [-0.05, 0) is 20.3 Å². The van der Waals surface area contributed by atoms with Crippen LogP contribution in [0.3, 0.4) is 0 Å². The van der Waals surface area contributed by atoms with Gasteiger partial charge >= 0.3 is 5.97 Å². The van der Waals surface area contributed by atoms with E-state index in [0.29, 0.717) is 13.2 Å². The molecule has 0 aromatic carbocycles. The molecule has 0 aliphatic carbocycles. The second kappa shape index (κ2) is 6.62. The molecule has 2 unspecified atom stereocenters. The van der Waals surface area contributed by atoms with E-state index in [-0.39, 0.29) is 11.9 Å². The lowest BCUT2D eigenvalue weighted by Crippen LogP contribution is -2.22. The second-order valence-electron chi connectivity index (χ2n) is 3.52. The van der Waals surface area contributed by atoms with Crippen LogP contribution in [0.1, 0.15) is 26.7 Å². The Bertz CT molecular complexity index is 245. The Hall–Kier alpha value is -0.910. The number of hydrogen-bond donors (Lipinski definition) is 0. The maximum absolute atomic E-state index is 11.3. The normalized spacial score (nSPS) is 21.8. The smallest absolute Gasteiger partial charge is 0.336 e. The topological polar surface area (TPSA) is 54.0 Å². The fourth-order valence-corrected chi connectivity index (χ4v) is 1.22. The van der Waals surface area contributed by atoms with E-state index in [2.05, 4.69) is 6.58 Å². The molecule has 0 bridgehead atoms. The van der Waals surface area contributed by atoms with E-state index in [9.17, 15) is 4.79 Å². The van der Waals surface area contributed by atoms with Crippen molar-refractivity contribution in [2.45, 2.75) is 39.1 Å². The third kappa shape index (κ3) is 3.92. The number of carbonyl (C=O) groups is 1. The summed E-state index contributed by atoms with van der Waals surface area (Å²) in [7, 11) is 0. The summed E-state index contributed by atoms with van der Waals surface area (Å²) in [6.45, 7) is 8.01. The van der Waals surface area contributed by atoms with E-state index in [1.165, 1.54) is 0 Å². The molecule has 1 aliphatic heterocycles. The fourth-order valence-electron chi connectivity index (χ4n) is 1.22. The van der Waals surface area contributed by atoms with Gasteiger partial charge in [-0.15, -0.1) is 0 Å². The molecule has 1 rings (SSSR count). The Balaban J connectivity index is 2.25. The molecule has 1 heterocycles. The van der Waals surface area contributed by atoms with E-state index in [1.807, 2.05) is 0 Å². The molecule has 1 aliphatic rings. The molecule has 1 fully saturated rings. The van der Waals surface area contributed by atoms with E-state index >= 15 is 0 Å². The van der Waals surface area contributed by atoms with E-state index in [0.717, 1.165) is 12.8 Å². The van der Waals surface area contributed by atoms with E-state index < -0.39 is 12.1 Å². The van der Waals surface area contributed by atoms with Crippen molar-refractivity contribution in [3.8, 4) is 0 Å². The Morgan fingerprint density at radius 2 is 2.38 bits per heavy atom. The number of rotatable bonds is 6. The van der Waals surface area contributed by atoms with Gasteiger partial charge in [-0.25, -0.2) is 14.6 Å². The summed E-state index contributed by atoms with van der Waals surface area (Å²) < 4.78 is 9.99. The Morgan fingerprint density at radius 3 is 2.94 bits per heavy atom. The van der Waals surface area contributed by atoms with Crippen molar-refractivity contribution in [1.29, 1.82) is 0 Å². The predicted octanol–water partition coefficient (Wildman–Crippen LogP) is 1.58. The van der Waals surface area contributed by atoms with Crippen LogP contribution in [0.4, 0.5) is 0 Å². The summed E-state index contributed by atoms with van der Waals surface area (Å²) in [4.78, 5) is 21.3. The maximum atomic E-state index is 11.3. The monoisotopic (exact) mass is 230 g/mol. The highest BCUT2D eigenvalue weighted by molar-refractivity contribution is 5.88. The van der Waals surface area contributed by atoms with Gasteiger partial charge in [0.05, 0.1) is 18.8 Å². The second-order valence-corrected chi connectivity index (χ2v) is 3.52. The Labute approximate surface area is 95.2 Å². The van der Waals surface area contributed by atoms with Crippen LogP contribution in [0.25, 0.3) is 0 Å². The van der Waals surface area contributed by atoms with E-state index in [4.69, 9.17) is 19.2 Å². The molecule has 0 aromatic rings. The average molecular weight is 230 g/mol. The molecule has 0 aromatic heterocycles. The maximum Gasteiger partial charge on any atom is 0.336 e. The first kappa shape index (κ1) is 13.2. The fraction of sp³-hybridized carbons (Fsp3) is 0.727. The first-order valence-corrected chi connectivity index (χ1v) is 5.44. The minimum absolute atomic E-state index is 0.236. The summed E-state index contributed by atoms with van der Waals surface area (Å²) in [5.41, 5.74) is 0.236. The molecule has 5 heteroatoms. The number of hydrogen-bond acceptors (Lipinski definition) is 5. The summed E-state index contributed by atoms with van der Waals surface area (Å²) in [5.74, 6) is -0.467. The van der Waals surface area contributed by atoms with Crippen molar-refractivity contribution < 1.29 is 24.0 Å². The number of ether oxygens (including phenoxy) is 2. The van der Waals surface area contributed by atoms with Crippen LogP contribution in [-0.2, 0) is 24.0 Å². The molecule has 0 spiro atoms. The summed E-state index contributed by atoms with van der Waals surface area (Å²) in [6, 6.07) is 0. The molecule has 0 N–H and O–H groups in total. The molecule has 1 saturated heterocycles. The molecule has 0 amide bonds.